The van der Waals surface area contributed by atoms with Crippen LogP contribution in [0.4, 0.5) is 4.39 Å². The van der Waals surface area contributed by atoms with Crippen LogP contribution in [0.3, 0.4) is 0 Å². The molecule has 0 aliphatic carbocycles. The van der Waals surface area contributed by atoms with E-state index in [2.05, 4.69) is 12.2 Å². The van der Waals surface area contributed by atoms with Gasteiger partial charge in [-0.25, -0.2) is 0 Å². The highest BCUT2D eigenvalue weighted by atomic mass is 19.1. The molecule has 1 atom stereocenters. The first-order valence-corrected chi connectivity index (χ1v) is 4.54. The normalized spacial score (nSPS) is 33.3. The lowest BCUT2D eigenvalue weighted by atomic mass is 9.83. The molecular formula is C9H18FN. The Hall–Kier alpha value is -0.110. The highest BCUT2D eigenvalue weighted by Gasteiger charge is 2.24. The van der Waals surface area contributed by atoms with Crippen LogP contribution >= 0.6 is 0 Å². The largest absolute Gasteiger partial charge is 0.316 e. The van der Waals surface area contributed by atoms with Crippen molar-refractivity contribution in [1.82, 2.24) is 5.32 Å². The predicted octanol–water partition coefficient (Wildman–Crippen LogP) is 2.13. The molecule has 1 nitrogen and oxygen atoms in total. The number of hydrogen-bond donors (Lipinski definition) is 1. The summed E-state index contributed by atoms with van der Waals surface area (Å²) in [6, 6.07) is 0. The van der Waals surface area contributed by atoms with Crippen LogP contribution in [0.5, 0.6) is 0 Å². The molecule has 1 saturated heterocycles. The third-order valence-corrected chi connectivity index (χ3v) is 2.63. The Bertz CT molecular complexity index is 106. The van der Waals surface area contributed by atoms with E-state index in [9.17, 15) is 4.39 Å². The van der Waals surface area contributed by atoms with Gasteiger partial charge < -0.3 is 5.32 Å². The Kier molecular flexibility index (Phi) is 3.31. The van der Waals surface area contributed by atoms with Crippen molar-refractivity contribution >= 4 is 0 Å². The Morgan fingerprint density at radius 3 is 3.00 bits per heavy atom. The number of rotatable bonds is 2. The van der Waals surface area contributed by atoms with Gasteiger partial charge in [0.05, 0.1) is 6.67 Å². The van der Waals surface area contributed by atoms with Gasteiger partial charge in [-0.2, -0.15) is 0 Å². The molecule has 1 aliphatic heterocycles. The Morgan fingerprint density at radius 1 is 1.45 bits per heavy atom. The van der Waals surface area contributed by atoms with Crippen molar-refractivity contribution in [3.63, 3.8) is 0 Å². The lowest BCUT2D eigenvalue weighted by Gasteiger charge is -2.26. The molecule has 0 aromatic heterocycles. The molecule has 1 aliphatic rings. The molecule has 11 heavy (non-hydrogen) atoms. The zero-order valence-electron chi connectivity index (χ0n) is 7.33. The molecule has 0 aromatic rings. The van der Waals surface area contributed by atoms with Gasteiger partial charge in [0.15, 0.2) is 0 Å². The summed E-state index contributed by atoms with van der Waals surface area (Å²) in [4.78, 5) is 0. The van der Waals surface area contributed by atoms with Crippen LogP contribution in [0.1, 0.15) is 32.6 Å². The van der Waals surface area contributed by atoms with Crippen LogP contribution in [0, 0.1) is 5.41 Å². The van der Waals surface area contributed by atoms with E-state index < -0.39 is 0 Å². The molecule has 0 aromatic carbocycles. The summed E-state index contributed by atoms with van der Waals surface area (Å²) in [5.74, 6) is 0. The van der Waals surface area contributed by atoms with E-state index in [0.29, 0.717) is 0 Å². The van der Waals surface area contributed by atoms with Crippen molar-refractivity contribution in [3.05, 3.63) is 0 Å². The molecule has 1 rings (SSSR count). The molecule has 0 radical (unpaired) electrons. The summed E-state index contributed by atoms with van der Waals surface area (Å²) in [6.07, 6.45) is 4.41. The van der Waals surface area contributed by atoms with Gasteiger partial charge in [-0.3, -0.25) is 4.39 Å². The van der Waals surface area contributed by atoms with E-state index in [1.807, 2.05) is 0 Å². The van der Waals surface area contributed by atoms with E-state index >= 15 is 0 Å². The fourth-order valence-corrected chi connectivity index (χ4v) is 1.72. The molecule has 2 heteroatoms. The third kappa shape index (κ3) is 2.78. The van der Waals surface area contributed by atoms with E-state index in [0.717, 1.165) is 19.5 Å². The average molecular weight is 159 g/mol. The van der Waals surface area contributed by atoms with Crippen molar-refractivity contribution < 1.29 is 4.39 Å². The molecule has 0 amide bonds. The molecule has 1 heterocycles. The maximum atomic E-state index is 12.1. The third-order valence-electron chi connectivity index (χ3n) is 2.63. The van der Waals surface area contributed by atoms with Gasteiger partial charge in [-0.05, 0) is 31.2 Å². The van der Waals surface area contributed by atoms with Crippen LogP contribution in [0.15, 0.2) is 0 Å². The summed E-state index contributed by atoms with van der Waals surface area (Å²) in [6.45, 7) is 4.13. The molecule has 1 fully saturated rings. The second kappa shape index (κ2) is 4.05. The van der Waals surface area contributed by atoms with Crippen LogP contribution in [-0.4, -0.2) is 19.8 Å². The number of alkyl halides is 1. The number of nitrogens with one attached hydrogen (secondary N) is 1. The molecule has 66 valence electrons. The van der Waals surface area contributed by atoms with Crippen molar-refractivity contribution in [2.45, 2.75) is 32.6 Å². The smallest absolute Gasteiger partial charge is 0.0900 e. The molecule has 1 unspecified atom stereocenters. The summed E-state index contributed by atoms with van der Waals surface area (Å²) in [5, 5.41) is 3.36. The maximum absolute atomic E-state index is 12.1. The summed E-state index contributed by atoms with van der Waals surface area (Å²) in [5.41, 5.74) is 0.227. The van der Waals surface area contributed by atoms with Gasteiger partial charge in [0, 0.05) is 6.54 Å². The zero-order chi connectivity index (χ0) is 8.16. The van der Waals surface area contributed by atoms with Gasteiger partial charge in [-0.1, -0.05) is 13.3 Å². The SMILES string of the molecule is CC1(CCF)CCCCNC1. The van der Waals surface area contributed by atoms with Gasteiger partial charge in [0.2, 0.25) is 0 Å². The lowest BCUT2D eigenvalue weighted by molar-refractivity contribution is 0.242. The minimum absolute atomic E-state index is 0.168. The van der Waals surface area contributed by atoms with E-state index in [1.54, 1.807) is 0 Å². The summed E-state index contributed by atoms with van der Waals surface area (Å²) < 4.78 is 12.1. The quantitative estimate of drug-likeness (QED) is 0.650. The molecule has 0 spiro atoms. The molecule has 0 saturated carbocycles. The first-order chi connectivity index (χ1) is 5.27. The maximum Gasteiger partial charge on any atom is 0.0900 e. The van der Waals surface area contributed by atoms with Gasteiger partial charge in [-0.15, -0.1) is 0 Å². The second-order valence-electron chi connectivity index (χ2n) is 3.88. The van der Waals surface area contributed by atoms with E-state index in [-0.39, 0.29) is 12.1 Å². The fourth-order valence-electron chi connectivity index (χ4n) is 1.72. The van der Waals surface area contributed by atoms with Crippen molar-refractivity contribution in [3.8, 4) is 0 Å². The average Bonchev–Trinajstić information content (AvgIpc) is 2.15. The highest BCUT2D eigenvalue weighted by Crippen LogP contribution is 2.29. The van der Waals surface area contributed by atoms with E-state index in [4.69, 9.17) is 0 Å². The Morgan fingerprint density at radius 2 is 2.27 bits per heavy atom. The van der Waals surface area contributed by atoms with Crippen LogP contribution in [0.2, 0.25) is 0 Å². The highest BCUT2D eigenvalue weighted by molar-refractivity contribution is 4.79. The van der Waals surface area contributed by atoms with Crippen LogP contribution in [-0.2, 0) is 0 Å². The lowest BCUT2D eigenvalue weighted by Crippen LogP contribution is -2.30. The molecular weight excluding hydrogens is 141 g/mol. The topological polar surface area (TPSA) is 12.0 Å². The Balaban J connectivity index is 2.38. The molecule has 1 N–H and O–H groups in total. The first-order valence-electron chi connectivity index (χ1n) is 4.54. The van der Waals surface area contributed by atoms with Gasteiger partial charge in [0.25, 0.3) is 0 Å². The first kappa shape index (κ1) is 8.98. The summed E-state index contributed by atoms with van der Waals surface area (Å²) >= 11 is 0. The van der Waals surface area contributed by atoms with Crippen molar-refractivity contribution in [2.24, 2.45) is 5.41 Å². The minimum Gasteiger partial charge on any atom is -0.316 e. The van der Waals surface area contributed by atoms with Crippen LogP contribution < -0.4 is 5.32 Å². The van der Waals surface area contributed by atoms with Crippen molar-refractivity contribution in [2.75, 3.05) is 19.8 Å². The standard InChI is InChI=1S/C9H18FN/c1-9(5-6-10)4-2-3-7-11-8-9/h11H,2-8H2,1H3. The van der Waals surface area contributed by atoms with Gasteiger partial charge >= 0.3 is 0 Å². The van der Waals surface area contributed by atoms with Crippen LogP contribution in [0.25, 0.3) is 0 Å². The van der Waals surface area contributed by atoms with Crippen molar-refractivity contribution in [1.29, 1.82) is 0 Å². The number of hydrogen-bond acceptors (Lipinski definition) is 1. The summed E-state index contributed by atoms with van der Waals surface area (Å²) in [7, 11) is 0. The molecule has 0 bridgehead atoms. The monoisotopic (exact) mass is 159 g/mol. The van der Waals surface area contributed by atoms with E-state index in [1.165, 1.54) is 19.3 Å². The Labute approximate surface area is 68.4 Å². The second-order valence-corrected chi connectivity index (χ2v) is 3.88. The predicted molar refractivity (Wildman–Crippen MR) is 45.4 cm³/mol. The number of halogens is 1. The fraction of sp³-hybridized carbons (Fsp3) is 1.00. The zero-order valence-corrected chi connectivity index (χ0v) is 7.33. The van der Waals surface area contributed by atoms with Gasteiger partial charge in [0.1, 0.15) is 0 Å². The minimum atomic E-state index is -0.168.